The highest BCUT2D eigenvalue weighted by Crippen LogP contribution is 2.20. The first kappa shape index (κ1) is 18.7. The van der Waals surface area contributed by atoms with Crippen molar-refractivity contribution in [2.75, 3.05) is 17.2 Å². The van der Waals surface area contributed by atoms with E-state index in [0.29, 0.717) is 23.8 Å². The van der Waals surface area contributed by atoms with Crippen molar-refractivity contribution in [3.8, 4) is 11.4 Å². The molecular weight excluding hydrogens is 364 g/mol. The van der Waals surface area contributed by atoms with Gasteiger partial charge in [0, 0.05) is 30.9 Å². The average Bonchev–Trinajstić information content (AvgIpc) is 2.71. The fourth-order valence-corrected chi connectivity index (χ4v) is 2.35. The molecule has 0 atom stereocenters. The molecule has 28 heavy (non-hydrogen) atoms. The van der Waals surface area contributed by atoms with Gasteiger partial charge in [0.25, 0.3) is 5.69 Å². The lowest BCUT2D eigenvalue weighted by molar-refractivity contribution is -0.384. The number of aliphatic carboxylic acids is 1. The van der Waals surface area contributed by atoms with Gasteiger partial charge in [-0.15, -0.1) is 0 Å². The zero-order valence-electron chi connectivity index (χ0n) is 14.6. The normalized spacial score (nSPS) is 10.3. The second-order valence-electron chi connectivity index (χ2n) is 5.70. The Morgan fingerprint density at radius 3 is 2.50 bits per heavy atom. The van der Waals surface area contributed by atoms with Crippen molar-refractivity contribution >= 4 is 23.4 Å². The molecule has 3 rings (SSSR count). The lowest BCUT2D eigenvalue weighted by Crippen LogP contribution is -2.15. The first-order valence-electron chi connectivity index (χ1n) is 8.24. The third-order valence-corrected chi connectivity index (χ3v) is 3.67. The number of rotatable bonds is 8. The number of aromatic nitrogens is 3. The number of nitro benzene ring substituents is 1. The van der Waals surface area contributed by atoms with Crippen LogP contribution in [0.3, 0.4) is 0 Å². The summed E-state index contributed by atoms with van der Waals surface area (Å²) in [6, 6.07) is 13.2. The summed E-state index contributed by atoms with van der Waals surface area (Å²) in [5.74, 6) is -0.425. The molecule has 0 radical (unpaired) electrons. The van der Waals surface area contributed by atoms with Crippen molar-refractivity contribution in [2.24, 2.45) is 0 Å². The molecule has 0 unspecified atom stereocenters. The van der Waals surface area contributed by atoms with E-state index >= 15 is 0 Å². The molecule has 2 aromatic heterocycles. The van der Waals surface area contributed by atoms with E-state index in [9.17, 15) is 14.9 Å². The summed E-state index contributed by atoms with van der Waals surface area (Å²) in [5, 5.41) is 25.3. The van der Waals surface area contributed by atoms with Crippen molar-refractivity contribution in [1.82, 2.24) is 15.0 Å². The second-order valence-corrected chi connectivity index (χ2v) is 5.70. The molecular formula is C18H16N6O4. The van der Waals surface area contributed by atoms with Gasteiger partial charge in [-0.1, -0.05) is 18.2 Å². The van der Waals surface area contributed by atoms with E-state index in [-0.39, 0.29) is 18.2 Å². The number of pyridine rings is 1. The molecule has 1 aromatic carbocycles. The topological polar surface area (TPSA) is 143 Å². The van der Waals surface area contributed by atoms with E-state index in [1.165, 1.54) is 12.1 Å². The number of carbonyl (C=O) groups is 1. The number of nitrogens with zero attached hydrogens (tertiary/aromatic N) is 4. The molecule has 10 heteroatoms. The van der Waals surface area contributed by atoms with Crippen LogP contribution >= 0.6 is 0 Å². The Morgan fingerprint density at radius 1 is 1.07 bits per heavy atom. The minimum absolute atomic E-state index is 0.0170. The van der Waals surface area contributed by atoms with Crippen LogP contribution in [-0.4, -0.2) is 37.5 Å². The Labute approximate surface area is 159 Å². The summed E-state index contributed by atoms with van der Waals surface area (Å²) in [6.07, 6.45) is 1.63. The van der Waals surface area contributed by atoms with Crippen molar-refractivity contribution in [3.63, 3.8) is 0 Å². The lowest BCUT2D eigenvalue weighted by Gasteiger charge is -2.10. The van der Waals surface area contributed by atoms with Crippen molar-refractivity contribution in [1.29, 1.82) is 0 Å². The zero-order chi connectivity index (χ0) is 19.9. The van der Waals surface area contributed by atoms with Crippen LogP contribution in [0, 0.1) is 10.1 Å². The van der Waals surface area contributed by atoms with Gasteiger partial charge in [0.2, 0.25) is 5.95 Å². The number of nitrogens with one attached hydrogen (secondary N) is 2. The smallest absolute Gasteiger partial charge is 0.322 e. The van der Waals surface area contributed by atoms with Crippen LogP contribution < -0.4 is 10.6 Å². The maximum Gasteiger partial charge on any atom is 0.322 e. The van der Waals surface area contributed by atoms with E-state index < -0.39 is 10.9 Å². The first-order valence-corrected chi connectivity index (χ1v) is 8.24. The molecule has 0 aliphatic carbocycles. The average molecular weight is 380 g/mol. The molecule has 3 N–H and O–H groups in total. The number of anilines is 2. The SMILES string of the molecule is O=C(O)CNc1nc(NCc2ccc([N+](=O)[O-])cc2)cc(-c2ccccn2)n1. The molecule has 10 nitrogen and oxygen atoms in total. The minimum Gasteiger partial charge on any atom is -0.480 e. The summed E-state index contributed by atoms with van der Waals surface area (Å²) in [4.78, 5) is 33.9. The number of non-ortho nitro benzene ring substituents is 1. The van der Waals surface area contributed by atoms with E-state index in [2.05, 4.69) is 25.6 Å². The second kappa shape index (κ2) is 8.54. The molecule has 0 fully saturated rings. The molecule has 0 saturated carbocycles. The molecule has 0 aliphatic rings. The predicted molar refractivity (Wildman–Crippen MR) is 102 cm³/mol. The summed E-state index contributed by atoms with van der Waals surface area (Å²) < 4.78 is 0. The van der Waals surface area contributed by atoms with Gasteiger partial charge in [-0.25, -0.2) is 4.98 Å². The van der Waals surface area contributed by atoms with Gasteiger partial charge in [-0.05, 0) is 17.7 Å². The number of carboxylic acids is 1. The molecule has 3 aromatic rings. The lowest BCUT2D eigenvalue weighted by atomic mass is 10.2. The number of nitro groups is 1. The quantitative estimate of drug-likeness (QED) is 0.397. The molecule has 0 aliphatic heterocycles. The maximum absolute atomic E-state index is 10.8. The van der Waals surface area contributed by atoms with Crippen LogP contribution in [0.5, 0.6) is 0 Å². The number of hydrogen-bond donors (Lipinski definition) is 3. The molecule has 2 heterocycles. The Bertz CT molecular complexity index is 979. The van der Waals surface area contributed by atoms with E-state index in [1.807, 2.05) is 6.07 Å². The number of carboxylic acid groups (broad SMARTS) is 1. The van der Waals surface area contributed by atoms with Crippen LogP contribution in [-0.2, 0) is 11.3 Å². The molecule has 0 bridgehead atoms. The highest BCUT2D eigenvalue weighted by molar-refractivity contribution is 5.72. The molecule has 0 saturated heterocycles. The third-order valence-electron chi connectivity index (χ3n) is 3.67. The van der Waals surface area contributed by atoms with E-state index in [0.717, 1.165) is 5.56 Å². The summed E-state index contributed by atoms with van der Waals surface area (Å²) >= 11 is 0. The van der Waals surface area contributed by atoms with Crippen LogP contribution in [0.15, 0.2) is 54.7 Å². The molecule has 142 valence electrons. The fraction of sp³-hybridized carbons (Fsp3) is 0.111. The summed E-state index contributed by atoms with van der Waals surface area (Å²) in [6.45, 7) is 0.0441. The van der Waals surface area contributed by atoms with Crippen LogP contribution in [0.2, 0.25) is 0 Å². The Balaban J connectivity index is 1.81. The van der Waals surface area contributed by atoms with E-state index in [1.54, 1.807) is 36.5 Å². The van der Waals surface area contributed by atoms with Gasteiger partial charge in [-0.3, -0.25) is 19.9 Å². The Morgan fingerprint density at radius 2 is 1.86 bits per heavy atom. The van der Waals surface area contributed by atoms with Gasteiger partial charge in [-0.2, -0.15) is 4.98 Å². The van der Waals surface area contributed by atoms with Crippen LogP contribution in [0.4, 0.5) is 17.5 Å². The molecule has 0 spiro atoms. The van der Waals surface area contributed by atoms with Gasteiger partial charge < -0.3 is 15.7 Å². The zero-order valence-corrected chi connectivity index (χ0v) is 14.6. The number of benzene rings is 1. The van der Waals surface area contributed by atoms with Gasteiger partial charge in [0.05, 0.1) is 16.3 Å². The first-order chi connectivity index (χ1) is 13.5. The van der Waals surface area contributed by atoms with E-state index in [4.69, 9.17) is 5.11 Å². The fourth-order valence-electron chi connectivity index (χ4n) is 2.35. The standard InChI is InChI=1S/C18H16N6O4/c25-17(26)11-21-18-22-15(14-3-1-2-8-19-14)9-16(23-18)20-10-12-4-6-13(7-5-12)24(27)28/h1-9H,10-11H2,(H,25,26)(H2,20,21,22,23). The largest absolute Gasteiger partial charge is 0.480 e. The highest BCUT2D eigenvalue weighted by Gasteiger charge is 2.09. The van der Waals surface area contributed by atoms with Gasteiger partial charge in [0.1, 0.15) is 12.4 Å². The van der Waals surface area contributed by atoms with Crippen molar-refractivity contribution in [2.45, 2.75) is 6.54 Å². The summed E-state index contributed by atoms with van der Waals surface area (Å²) in [7, 11) is 0. The van der Waals surface area contributed by atoms with Crippen molar-refractivity contribution in [3.05, 3.63) is 70.4 Å². The van der Waals surface area contributed by atoms with Gasteiger partial charge >= 0.3 is 5.97 Å². The van der Waals surface area contributed by atoms with Crippen LogP contribution in [0.1, 0.15) is 5.56 Å². The minimum atomic E-state index is -1.03. The predicted octanol–water partition coefficient (Wildman–Crippen LogP) is 2.56. The maximum atomic E-state index is 10.8. The van der Waals surface area contributed by atoms with Crippen molar-refractivity contribution < 1.29 is 14.8 Å². The molecule has 0 amide bonds. The highest BCUT2D eigenvalue weighted by atomic mass is 16.6. The number of hydrogen-bond acceptors (Lipinski definition) is 8. The monoisotopic (exact) mass is 380 g/mol. The third kappa shape index (κ3) is 4.97. The Hall–Kier alpha value is -4.08. The van der Waals surface area contributed by atoms with Gasteiger partial charge in [0.15, 0.2) is 0 Å². The summed E-state index contributed by atoms with van der Waals surface area (Å²) in [5.41, 5.74) is 1.98. The van der Waals surface area contributed by atoms with Crippen LogP contribution in [0.25, 0.3) is 11.4 Å². The Kier molecular flexibility index (Phi) is 5.70.